The van der Waals surface area contributed by atoms with E-state index in [-0.39, 0.29) is 0 Å². The number of nitrogens with zero attached hydrogens (tertiary/aromatic N) is 2. The van der Waals surface area contributed by atoms with E-state index in [2.05, 4.69) is 31.7 Å². The molecule has 0 bridgehead atoms. The number of likely N-dealkylation sites (tertiary alicyclic amines) is 1. The smallest absolute Gasteiger partial charge is 0.120 e. The van der Waals surface area contributed by atoms with Gasteiger partial charge in [0.15, 0.2) is 0 Å². The summed E-state index contributed by atoms with van der Waals surface area (Å²) < 4.78 is 5.78. The van der Waals surface area contributed by atoms with Crippen LogP contribution in [0.4, 0.5) is 0 Å². The third-order valence-electron chi connectivity index (χ3n) is 4.33. The molecule has 0 aromatic heterocycles. The van der Waals surface area contributed by atoms with Crippen molar-refractivity contribution in [2.45, 2.75) is 33.2 Å². The lowest BCUT2D eigenvalue weighted by molar-refractivity contribution is 0.0665. The van der Waals surface area contributed by atoms with Crippen LogP contribution in [0.1, 0.15) is 32.8 Å². The molecule has 3 heteroatoms. The summed E-state index contributed by atoms with van der Waals surface area (Å²) in [6, 6.07) is 10.1. The standard InChI is InChI=1S/C17H24N2O/c1-13-9-14(2)15(3)19(12-13)7-8-20-17-6-4-5-16(10-17)11-18/h4-6,10,13-15H,7-9,12H2,1-3H3. The lowest BCUT2D eigenvalue weighted by Gasteiger charge is -2.41. The Morgan fingerprint density at radius 2 is 2.15 bits per heavy atom. The molecule has 0 radical (unpaired) electrons. The zero-order valence-corrected chi connectivity index (χ0v) is 12.7. The topological polar surface area (TPSA) is 36.3 Å². The Labute approximate surface area is 122 Å². The van der Waals surface area contributed by atoms with Crippen LogP contribution in [-0.4, -0.2) is 30.6 Å². The van der Waals surface area contributed by atoms with Crippen molar-refractivity contribution in [2.75, 3.05) is 19.7 Å². The molecule has 3 nitrogen and oxygen atoms in total. The van der Waals surface area contributed by atoms with Crippen molar-refractivity contribution in [3.05, 3.63) is 29.8 Å². The van der Waals surface area contributed by atoms with E-state index in [0.29, 0.717) is 18.2 Å². The van der Waals surface area contributed by atoms with Crippen LogP contribution in [-0.2, 0) is 0 Å². The van der Waals surface area contributed by atoms with Crippen molar-refractivity contribution < 1.29 is 4.74 Å². The molecule has 108 valence electrons. The highest BCUT2D eigenvalue weighted by Gasteiger charge is 2.28. The molecule has 1 aliphatic heterocycles. The fraction of sp³-hybridized carbons (Fsp3) is 0.588. The zero-order valence-electron chi connectivity index (χ0n) is 12.7. The van der Waals surface area contributed by atoms with Crippen LogP contribution in [0.5, 0.6) is 5.75 Å². The second-order valence-electron chi connectivity index (χ2n) is 6.04. The van der Waals surface area contributed by atoms with Crippen molar-refractivity contribution in [3.63, 3.8) is 0 Å². The maximum Gasteiger partial charge on any atom is 0.120 e. The third kappa shape index (κ3) is 3.74. The first-order chi connectivity index (χ1) is 9.60. The Kier molecular flexibility index (Phi) is 5.03. The number of hydrogen-bond donors (Lipinski definition) is 0. The summed E-state index contributed by atoms with van der Waals surface area (Å²) in [5.74, 6) is 2.30. The minimum Gasteiger partial charge on any atom is -0.492 e. The van der Waals surface area contributed by atoms with E-state index in [0.717, 1.165) is 30.7 Å². The Morgan fingerprint density at radius 1 is 1.35 bits per heavy atom. The van der Waals surface area contributed by atoms with Crippen LogP contribution >= 0.6 is 0 Å². The maximum absolute atomic E-state index is 8.87. The fourth-order valence-electron chi connectivity index (χ4n) is 3.06. The van der Waals surface area contributed by atoms with Gasteiger partial charge in [-0.05, 0) is 43.4 Å². The van der Waals surface area contributed by atoms with Crippen molar-refractivity contribution in [1.82, 2.24) is 4.90 Å². The highest BCUT2D eigenvalue weighted by Crippen LogP contribution is 2.26. The van der Waals surface area contributed by atoms with Gasteiger partial charge < -0.3 is 4.74 Å². The summed E-state index contributed by atoms with van der Waals surface area (Å²) in [7, 11) is 0. The Hall–Kier alpha value is -1.53. The molecule has 1 aliphatic rings. The van der Waals surface area contributed by atoms with Gasteiger partial charge in [-0.25, -0.2) is 0 Å². The molecule has 0 aliphatic carbocycles. The number of piperidine rings is 1. The summed E-state index contributed by atoms with van der Waals surface area (Å²) in [5, 5.41) is 8.87. The van der Waals surface area contributed by atoms with Crippen LogP contribution in [0, 0.1) is 23.2 Å². The molecule has 1 aromatic carbocycles. The molecule has 3 atom stereocenters. The molecule has 0 spiro atoms. The number of benzene rings is 1. The molecule has 2 rings (SSSR count). The van der Waals surface area contributed by atoms with E-state index in [1.165, 1.54) is 6.42 Å². The van der Waals surface area contributed by atoms with Crippen molar-refractivity contribution in [2.24, 2.45) is 11.8 Å². The lowest BCUT2D eigenvalue weighted by Crippen LogP contribution is -2.47. The first kappa shape index (κ1) is 14.9. The molecule has 20 heavy (non-hydrogen) atoms. The minimum atomic E-state index is 0.625. The van der Waals surface area contributed by atoms with Crippen LogP contribution in [0.3, 0.4) is 0 Å². The molecular formula is C17H24N2O. The van der Waals surface area contributed by atoms with Crippen molar-refractivity contribution in [1.29, 1.82) is 5.26 Å². The quantitative estimate of drug-likeness (QED) is 0.843. The molecule has 1 fully saturated rings. The minimum absolute atomic E-state index is 0.625. The number of nitriles is 1. The van der Waals surface area contributed by atoms with Crippen LogP contribution < -0.4 is 4.74 Å². The van der Waals surface area contributed by atoms with Gasteiger partial charge in [0.25, 0.3) is 0 Å². The Balaban J connectivity index is 1.84. The summed E-state index contributed by atoms with van der Waals surface area (Å²) in [6.45, 7) is 9.77. The van der Waals surface area contributed by atoms with Crippen molar-refractivity contribution in [3.8, 4) is 11.8 Å². The van der Waals surface area contributed by atoms with Gasteiger partial charge in [0.1, 0.15) is 12.4 Å². The highest BCUT2D eigenvalue weighted by atomic mass is 16.5. The number of hydrogen-bond acceptors (Lipinski definition) is 3. The van der Waals surface area contributed by atoms with E-state index >= 15 is 0 Å². The Bertz CT molecular complexity index is 480. The largest absolute Gasteiger partial charge is 0.492 e. The fourth-order valence-corrected chi connectivity index (χ4v) is 3.06. The van der Waals surface area contributed by atoms with Gasteiger partial charge in [0.05, 0.1) is 11.6 Å². The maximum atomic E-state index is 8.87. The third-order valence-corrected chi connectivity index (χ3v) is 4.33. The lowest BCUT2D eigenvalue weighted by atomic mass is 9.86. The molecule has 1 saturated heterocycles. The van der Waals surface area contributed by atoms with E-state index in [9.17, 15) is 0 Å². The first-order valence-electron chi connectivity index (χ1n) is 7.47. The second kappa shape index (κ2) is 6.76. The van der Waals surface area contributed by atoms with Crippen LogP contribution in [0.15, 0.2) is 24.3 Å². The van der Waals surface area contributed by atoms with Crippen molar-refractivity contribution >= 4 is 0 Å². The average Bonchev–Trinajstić information content (AvgIpc) is 2.44. The van der Waals surface area contributed by atoms with Crippen LogP contribution in [0.25, 0.3) is 0 Å². The van der Waals surface area contributed by atoms with Gasteiger partial charge in [0, 0.05) is 19.1 Å². The van der Waals surface area contributed by atoms with Gasteiger partial charge in [0.2, 0.25) is 0 Å². The average molecular weight is 272 g/mol. The van der Waals surface area contributed by atoms with Gasteiger partial charge in [-0.2, -0.15) is 5.26 Å². The summed E-state index contributed by atoms with van der Waals surface area (Å²) >= 11 is 0. The van der Waals surface area contributed by atoms with E-state index < -0.39 is 0 Å². The number of rotatable bonds is 4. The highest BCUT2D eigenvalue weighted by molar-refractivity contribution is 5.36. The SMILES string of the molecule is CC1CC(C)C(C)N(CCOc2cccc(C#N)c2)C1. The summed E-state index contributed by atoms with van der Waals surface area (Å²) in [6.07, 6.45) is 1.32. The van der Waals surface area contributed by atoms with Crippen LogP contribution in [0.2, 0.25) is 0 Å². The second-order valence-corrected chi connectivity index (χ2v) is 6.04. The normalized spacial score (nSPS) is 27.0. The molecule has 1 aromatic rings. The molecule has 0 amide bonds. The zero-order chi connectivity index (χ0) is 14.5. The predicted molar refractivity (Wildman–Crippen MR) is 80.6 cm³/mol. The molecule has 1 heterocycles. The molecule has 0 saturated carbocycles. The Morgan fingerprint density at radius 3 is 2.90 bits per heavy atom. The van der Waals surface area contributed by atoms with E-state index in [4.69, 9.17) is 10.00 Å². The van der Waals surface area contributed by atoms with Gasteiger partial charge in [-0.3, -0.25) is 4.90 Å². The molecular weight excluding hydrogens is 248 g/mol. The summed E-state index contributed by atoms with van der Waals surface area (Å²) in [4.78, 5) is 2.52. The van der Waals surface area contributed by atoms with Gasteiger partial charge >= 0.3 is 0 Å². The van der Waals surface area contributed by atoms with E-state index in [1.54, 1.807) is 12.1 Å². The molecule has 3 unspecified atom stereocenters. The monoisotopic (exact) mass is 272 g/mol. The van der Waals surface area contributed by atoms with Gasteiger partial charge in [-0.1, -0.05) is 19.9 Å². The van der Waals surface area contributed by atoms with Gasteiger partial charge in [-0.15, -0.1) is 0 Å². The molecule has 0 N–H and O–H groups in total. The first-order valence-corrected chi connectivity index (χ1v) is 7.47. The number of ether oxygens (including phenoxy) is 1. The van der Waals surface area contributed by atoms with E-state index in [1.807, 2.05) is 12.1 Å². The predicted octanol–water partition coefficient (Wildman–Crippen LogP) is 3.30. The summed E-state index contributed by atoms with van der Waals surface area (Å²) in [5.41, 5.74) is 0.649.